The summed E-state index contributed by atoms with van der Waals surface area (Å²) in [5.41, 5.74) is 6.39. The molecule has 7 heteroatoms. The van der Waals surface area contributed by atoms with Crippen molar-refractivity contribution in [1.29, 1.82) is 0 Å². The zero-order valence-corrected chi connectivity index (χ0v) is 15.9. The number of hydrogen-bond acceptors (Lipinski definition) is 5. The van der Waals surface area contributed by atoms with Gasteiger partial charge in [-0.3, -0.25) is 9.59 Å². The summed E-state index contributed by atoms with van der Waals surface area (Å²) < 4.78 is 10.3. The molecule has 2 amide bonds. The second-order valence-corrected chi connectivity index (χ2v) is 6.38. The van der Waals surface area contributed by atoms with Gasteiger partial charge < -0.3 is 20.5 Å². The minimum absolute atomic E-state index is 0.140. The number of ether oxygens (including phenoxy) is 2. The van der Waals surface area contributed by atoms with Crippen molar-refractivity contribution >= 4 is 17.8 Å². The van der Waals surface area contributed by atoms with Gasteiger partial charge in [0.05, 0.1) is 5.56 Å². The minimum Gasteiger partial charge on any atom is -0.484 e. The van der Waals surface area contributed by atoms with Crippen LogP contribution >= 0.6 is 0 Å². The maximum Gasteiger partial charge on any atom is 0.338 e. The van der Waals surface area contributed by atoms with Crippen molar-refractivity contribution in [3.05, 3.63) is 65.7 Å². The lowest BCUT2D eigenvalue weighted by Gasteiger charge is -2.16. The molecule has 7 nitrogen and oxygen atoms in total. The van der Waals surface area contributed by atoms with Crippen molar-refractivity contribution in [1.82, 2.24) is 5.32 Å². The number of primary amides is 1. The van der Waals surface area contributed by atoms with Gasteiger partial charge in [-0.2, -0.15) is 0 Å². The third kappa shape index (κ3) is 6.42. The molecule has 28 heavy (non-hydrogen) atoms. The molecule has 0 heterocycles. The Balaban J connectivity index is 1.82. The van der Waals surface area contributed by atoms with E-state index in [1.165, 1.54) is 31.2 Å². The predicted octanol–water partition coefficient (Wildman–Crippen LogP) is 2.02. The first kappa shape index (κ1) is 21.0. The molecule has 0 aliphatic rings. The van der Waals surface area contributed by atoms with Crippen LogP contribution in [0.3, 0.4) is 0 Å². The van der Waals surface area contributed by atoms with E-state index in [0.717, 1.165) is 5.56 Å². The van der Waals surface area contributed by atoms with Gasteiger partial charge in [0.15, 0.2) is 12.7 Å². The van der Waals surface area contributed by atoms with E-state index >= 15 is 0 Å². The van der Waals surface area contributed by atoms with Crippen molar-refractivity contribution in [3.8, 4) is 5.75 Å². The Hall–Kier alpha value is -3.35. The molecule has 2 atom stereocenters. The Morgan fingerprint density at radius 1 is 1.00 bits per heavy atom. The minimum atomic E-state index is -0.929. The summed E-state index contributed by atoms with van der Waals surface area (Å²) in [6, 6.07) is 15.8. The normalized spacial score (nSPS) is 12.5. The number of carbonyl (C=O) groups excluding carboxylic acids is 3. The number of nitrogens with two attached hydrogens (primary N) is 1. The van der Waals surface area contributed by atoms with E-state index in [9.17, 15) is 14.4 Å². The molecule has 0 aliphatic heterocycles. The molecule has 0 bridgehead atoms. The highest BCUT2D eigenvalue weighted by molar-refractivity contribution is 5.92. The molecule has 0 spiro atoms. The first-order chi connectivity index (χ1) is 13.4. The summed E-state index contributed by atoms with van der Waals surface area (Å²) in [4.78, 5) is 35.1. The molecule has 0 unspecified atom stereocenters. The third-order valence-electron chi connectivity index (χ3n) is 4.08. The molecule has 148 valence electrons. The fourth-order valence-corrected chi connectivity index (χ4v) is 2.42. The molecule has 0 aromatic heterocycles. The fourth-order valence-electron chi connectivity index (χ4n) is 2.42. The fraction of sp³-hybridized carbons (Fsp3) is 0.286. The molecule has 0 fully saturated rings. The monoisotopic (exact) mass is 384 g/mol. The van der Waals surface area contributed by atoms with Crippen molar-refractivity contribution < 1.29 is 23.9 Å². The third-order valence-corrected chi connectivity index (χ3v) is 4.08. The van der Waals surface area contributed by atoms with Crippen LogP contribution in [0.5, 0.6) is 5.75 Å². The van der Waals surface area contributed by atoms with Crippen LogP contribution in [0.25, 0.3) is 0 Å². The van der Waals surface area contributed by atoms with Gasteiger partial charge in [0.25, 0.3) is 11.8 Å². The first-order valence-corrected chi connectivity index (χ1v) is 8.91. The summed E-state index contributed by atoms with van der Waals surface area (Å²) in [5.74, 6) is -1.04. The van der Waals surface area contributed by atoms with Gasteiger partial charge in [-0.1, -0.05) is 37.3 Å². The molecular formula is C21H24N2O5. The van der Waals surface area contributed by atoms with E-state index in [1.807, 2.05) is 37.3 Å². The highest BCUT2D eigenvalue weighted by atomic mass is 16.5. The summed E-state index contributed by atoms with van der Waals surface area (Å²) in [6.07, 6.45) is -0.929. The van der Waals surface area contributed by atoms with E-state index in [-0.39, 0.29) is 24.0 Å². The van der Waals surface area contributed by atoms with Crippen LogP contribution < -0.4 is 15.8 Å². The van der Waals surface area contributed by atoms with Crippen LogP contribution in [0.1, 0.15) is 35.7 Å². The number of amides is 2. The van der Waals surface area contributed by atoms with E-state index in [1.54, 1.807) is 0 Å². The highest BCUT2D eigenvalue weighted by Gasteiger charge is 2.19. The van der Waals surface area contributed by atoms with Crippen molar-refractivity contribution in [2.75, 3.05) is 13.2 Å². The number of nitrogens with one attached hydrogen (secondary N) is 1. The number of rotatable bonds is 9. The predicted molar refractivity (Wildman–Crippen MR) is 104 cm³/mol. The number of esters is 1. The molecule has 2 aromatic rings. The van der Waals surface area contributed by atoms with Crippen LogP contribution in [0, 0.1) is 0 Å². The zero-order chi connectivity index (χ0) is 20.5. The molecule has 2 aromatic carbocycles. The molecule has 3 N–H and O–H groups in total. The van der Waals surface area contributed by atoms with Gasteiger partial charge in [0.1, 0.15) is 5.75 Å². The molecular weight excluding hydrogens is 360 g/mol. The van der Waals surface area contributed by atoms with E-state index in [2.05, 4.69) is 5.32 Å². The van der Waals surface area contributed by atoms with E-state index in [0.29, 0.717) is 12.3 Å². The van der Waals surface area contributed by atoms with Gasteiger partial charge in [-0.15, -0.1) is 0 Å². The Morgan fingerprint density at radius 3 is 2.25 bits per heavy atom. The first-order valence-electron chi connectivity index (χ1n) is 8.91. The highest BCUT2D eigenvalue weighted by Crippen LogP contribution is 2.15. The lowest BCUT2D eigenvalue weighted by molar-refractivity contribution is -0.129. The molecule has 0 aliphatic carbocycles. The van der Waals surface area contributed by atoms with Crippen LogP contribution in [0.2, 0.25) is 0 Å². The van der Waals surface area contributed by atoms with E-state index in [4.69, 9.17) is 15.2 Å². The maximum absolute atomic E-state index is 12.2. The Bertz CT molecular complexity index is 805. The molecule has 0 saturated heterocycles. The van der Waals surface area contributed by atoms with Crippen molar-refractivity contribution in [3.63, 3.8) is 0 Å². The van der Waals surface area contributed by atoms with Gasteiger partial charge in [-0.05, 0) is 42.7 Å². The average molecular weight is 384 g/mol. The molecule has 2 rings (SSSR count). The van der Waals surface area contributed by atoms with Crippen LogP contribution in [0.4, 0.5) is 0 Å². The Labute approximate surface area is 163 Å². The lowest BCUT2D eigenvalue weighted by atomic mass is 10.0. The topological polar surface area (TPSA) is 108 Å². The molecule has 0 radical (unpaired) electrons. The largest absolute Gasteiger partial charge is 0.484 e. The summed E-state index contributed by atoms with van der Waals surface area (Å²) in [5, 5.41) is 2.79. The van der Waals surface area contributed by atoms with Crippen LogP contribution in [-0.2, 0) is 14.3 Å². The van der Waals surface area contributed by atoms with Gasteiger partial charge in [0, 0.05) is 6.54 Å². The Kier molecular flexibility index (Phi) is 7.56. The number of carbonyl (C=O) groups is 3. The zero-order valence-electron chi connectivity index (χ0n) is 15.9. The standard InChI is InChI=1S/C21H24N2O5/c1-14(16-6-4-3-5-7-16)12-23-20(25)15(2)28-21(26)17-8-10-18(11-9-17)27-13-19(22)24/h3-11,14-15H,12-13H2,1-2H3,(H2,22,24)(H,23,25)/t14-,15-/m1/s1. The molecule has 0 saturated carbocycles. The second kappa shape index (κ2) is 10.1. The van der Waals surface area contributed by atoms with Crippen LogP contribution in [-0.4, -0.2) is 37.0 Å². The van der Waals surface area contributed by atoms with Gasteiger partial charge in [0.2, 0.25) is 0 Å². The summed E-state index contributed by atoms with van der Waals surface area (Å²) >= 11 is 0. The van der Waals surface area contributed by atoms with Gasteiger partial charge >= 0.3 is 5.97 Å². The summed E-state index contributed by atoms with van der Waals surface area (Å²) in [7, 11) is 0. The summed E-state index contributed by atoms with van der Waals surface area (Å²) in [6.45, 7) is 3.72. The average Bonchev–Trinajstić information content (AvgIpc) is 2.71. The van der Waals surface area contributed by atoms with E-state index < -0.39 is 18.0 Å². The SMILES string of the molecule is C[C@H](CNC(=O)[C@@H](C)OC(=O)c1ccc(OCC(N)=O)cc1)c1ccccc1. The number of hydrogen-bond donors (Lipinski definition) is 2. The maximum atomic E-state index is 12.2. The second-order valence-electron chi connectivity index (χ2n) is 6.38. The number of benzene rings is 2. The van der Waals surface area contributed by atoms with Crippen LogP contribution in [0.15, 0.2) is 54.6 Å². The van der Waals surface area contributed by atoms with Crippen molar-refractivity contribution in [2.24, 2.45) is 5.73 Å². The van der Waals surface area contributed by atoms with Gasteiger partial charge in [-0.25, -0.2) is 4.79 Å². The smallest absolute Gasteiger partial charge is 0.338 e. The Morgan fingerprint density at radius 2 is 1.64 bits per heavy atom. The quantitative estimate of drug-likeness (QED) is 0.643. The van der Waals surface area contributed by atoms with Crippen molar-refractivity contribution in [2.45, 2.75) is 25.9 Å². The lowest BCUT2D eigenvalue weighted by Crippen LogP contribution is -2.37.